The average molecular weight is 396 g/mol. The molecule has 1 aliphatic heterocycles. The molecule has 0 radical (unpaired) electrons. The first kappa shape index (κ1) is 19.2. The van der Waals surface area contributed by atoms with Gasteiger partial charge in [-0.1, -0.05) is 23.4 Å². The van der Waals surface area contributed by atoms with Gasteiger partial charge >= 0.3 is 0 Å². The van der Waals surface area contributed by atoms with E-state index in [9.17, 15) is 14.3 Å². The standard InChI is InChI=1S/C21H21FN4O3/c22-16-5-3-4-15(12-16)18(27)13-19(28)26-10-7-14(8-11-26)21-24-20(25-29-21)17-6-1-2-9-23-17/h1-6,9,12,14,18,27H,7-8,10-11,13H2. The molecule has 0 saturated carbocycles. The van der Waals surface area contributed by atoms with Crippen LogP contribution in [0.2, 0.25) is 0 Å². The Balaban J connectivity index is 1.32. The summed E-state index contributed by atoms with van der Waals surface area (Å²) in [6, 6.07) is 11.2. The summed E-state index contributed by atoms with van der Waals surface area (Å²) in [6.45, 7) is 1.08. The maximum atomic E-state index is 13.3. The average Bonchev–Trinajstić information content (AvgIpc) is 3.25. The van der Waals surface area contributed by atoms with Crippen molar-refractivity contribution in [1.29, 1.82) is 0 Å². The van der Waals surface area contributed by atoms with Crippen LogP contribution in [0.4, 0.5) is 4.39 Å². The molecule has 29 heavy (non-hydrogen) atoms. The minimum absolute atomic E-state index is 0.0709. The number of hydrogen-bond acceptors (Lipinski definition) is 6. The number of amides is 1. The Morgan fingerprint density at radius 3 is 2.79 bits per heavy atom. The molecule has 1 fully saturated rings. The van der Waals surface area contributed by atoms with Crippen LogP contribution in [-0.2, 0) is 4.79 Å². The quantitative estimate of drug-likeness (QED) is 0.712. The molecule has 0 bridgehead atoms. The van der Waals surface area contributed by atoms with Gasteiger partial charge in [0.05, 0.1) is 12.5 Å². The van der Waals surface area contributed by atoms with Gasteiger partial charge in [0.15, 0.2) is 0 Å². The summed E-state index contributed by atoms with van der Waals surface area (Å²) in [7, 11) is 0. The first-order chi connectivity index (χ1) is 14.1. The molecular weight excluding hydrogens is 375 g/mol. The number of piperidine rings is 1. The second-order valence-electron chi connectivity index (χ2n) is 7.10. The Kier molecular flexibility index (Phi) is 5.62. The highest BCUT2D eigenvalue weighted by atomic mass is 19.1. The number of carbonyl (C=O) groups is 1. The molecule has 1 amide bonds. The number of aliphatic hydroxyl groups excluding tert-OH is 1. The van der Waals surface area contributed by atoms with Crippen molar-refractivity contribution in [3.63, 3.8) is 0 Å². The molecule has 4 rings (SSSR count). The third-order valence-corrected chi connectivity index (χ3v) is 5.13. The van der Waals surface area contributed by atoms with Crippen LogP contribution in [0, 0.1) is 5.82 Å². The lowest BCUT2D eigenvalue weighted by Crippen LogP contribution is -2.38. The van der Waals surface area contributed by atoms with E-state index < -0.39 is 11.9 Å². The Morgan fingerprint density at radius 1 is 1.24 bits per heavy atom. The van der Waals surface area contributed by atoms with E-state index in [1.807, 2.05) is 18.2 Å². The predicted molar refractivity (Wildman–Crippen MR) is 102 cm³/mol. The number of nitrogens with zero attached hydrogens (tertiary/aromatic N) is 4. The van der Waals surface area contributed by atoms with Gasteiger partial charge in [-0.15, -0.1) is 0 Å². The summed E-state index contributed by atoms with van der Waals surface area (Å²) >= 11 is 0. The summed E-state index contributed by atoms with van der Waals surface area (Å²) < 4.78 is 18.7. The van der Waals surface area contributed by atoms with Gasteiger partial charge in [-0.2, -0.15) is 4.98 Å². The maximum absolute atomic E-state index is 13.3. The Morgan fingerprint density at radius 2 is 2.07 bits per heavy atom. The molecule has 7 nitrogen and oxygen atoms in total. The van der Waals surface area contributed by atoms with Gasteiger partial charge in [0, 0.05) is 25.2 Å². The minimum Gasteiger partial charge on any atom is -0.388 e. The molecule has 2 aromatic heterocycles. The summed E-state index contributed by atoms with van der Waals surface area (Å²) in [5.74, 6) is 0.506. The summed E-state index contributed by atoms with van der Waals surface area (Å²) in [4.78, 5) is 22.9. The van der Waals surface area contributed by atoms with E-state index in [4.69, 9.17) is 4.52 Å². The first-order valence-corrected chi connectivity index (χ1v) is 9.56. The third-order valence-electron chi connectivity index (χ3n) is 5.13. The Hall–Kier alpha value is -3.13. The highest BCUT2D eigenvalue weighted by Gasteiger charge is 2.28. The van der Waals surface area contributed by atoms with Gasteiger partial charge in [0.2, 0.25) is 17.6 Å². The molecule has 150 valence electrons. The van der Waals surface area contributed by atoms with Crippen LogP contribution in [0.15, 0.2) is 53.2 Å². The van der Waals surface area contributed by atoms with Gasteiger partial charge in [0.25, 0.3) is 0 Å². The summed E-state index contributed by atoms with van der Waals surface area (Å²) in [6.07, 6.45) is 1.98. The summed E-state index contributed by atoms with van der Waals surface area (Å²) in [5.41, 5.74) is 1.06. The molecular formula is C21H21FN4O3. The normalized spacial score (nSPS) is 16.0. The predicted octanol–water partition coefficient (Wildman–Crippen LogP) is 3.10. The lowest BCUT2D eigenvalue weighted by atomic mass is 9.96. The van der Waals surface area contributed by atoms with E-state index in [-0.39, 0.29) is 18.2 Å². The molecule has 3 aromatic rings. The molecule has 0 spiro atoms. The topological polar surface area (TPSA) is 92.3 Å². The number of pyridine rings is 1. The summed E-state index contributed by atoms with van der Waals surface area (Å²) in [5, 5.41) is 14.2. The lowest BCUT2D eigenvalue weighted by molar-refractivity contribution is -0.134. The zero-order valence-electron chi connectivity index (χ0n) is 15.7. The number of rotatable bonds is 5. The number of hydrogen-bond donors (Lipinski definition) is 1. The number of aliphatic hydroxyl groups is 1. The van der Waals surface area contributed by atoms with Crippen LogP contribution in [0.3, 0.4) is 0 Å². The van der Waals surface area contributed by atoms with Gasteiger partial charge in [-0.3, -0.25) is 9.78 Å². The van der Waals surface area contributed by atoms with Gasteiger partial charge in [0.1, 0.15) is 11.5 Å². The SMILES string of the molecule is O=C(CC(O)c1cccc(F)c1)N1CCC(c2nc(-c3ccccn3)no2)CC1. The van der Waals surface area contributed by atoms with E-state index >= 15 is 0 Å². The highest BCUT2D eigenvalue weighted by molar-refractivity contribution is 5.77. The second kappa shape index (κ2) is 8.48. The molecule has 8 heteroatoms. The zero-order valence-corrected chi connectivity index (χ0v) is 15.7. The van der Waals surface area contributed by atoms with Gasteiger partial charge in [-0.05, 0) is 42.7 Å². The van der Waals surface area contributed by atoms with Crippen molar-refractivity contribution in [2.75, 3.05) is 13.1 Å². The van der Waals surface area contributed by atoms with E-state index in [0.717, 1.165) is 0 Å². The molecule has 0 aliphatic carbocycles. The number of benzene rings is 1. The number of aromatic nitrogens is 3. The molecule has 3 heterocycles. The molecule has 1 aliphatic rings. The first-order valence-electron chi connectivity index (χ1n) is 9.56. The van der Waals surface area contributed by atoms with Crippen molar-refractivity contribution in [3.05, 3.63) is 65.9 Å². The van der Waals surface area contributed by atoms with Gasteiger partial charge in [-0.25, -0.2) is 4.39 Å². The zero-order chi connectivity index (χ0) is 20.2. The Bertz CT molecular complexity index is 971. The smallest absolute Gasteiger partial charge is 0.230 e. The number of likely N-dealkylation sites (tertiary alicyclic amines) is 1. The van der Waals surface area contributed by atoms with Crippen molar-refractivity contribution in [2.45, 2.75) is 31.3 Å². The lowest BCUT2D eigenvalue weighted by Gasteiger charge is -2.31. The maximum Gasteiger partial charge on any atom is 0.230 e. The van der Waals surface area contributed by atoms with Crippen LogP contribution in [0.1, 0.15) is 42.7 Å². The van der Waals surface area contributed by atoms with Crippen molar-refractivity contribution in [1.82, 2.24) is 20.0 Å². The van der Waals surface area contributed by atoms with Gasteiger partial charge < -0.3 is 14.5 Å². The third kappa shape index (κ3) is 4.48. The number of carbonyl (C=O) groups excluding carboxylic acids is 1. The molecule has 1 atom stereocenters. The molecule has 1 N–H and O–H groups in total. The fraction of sp³-hybridized carbons (Fsp3) is 0.333. The van der Waals surface area contributed by atoms with E-state index in [1.54, 1.807) is 17.2 Å². The molecule has 1 unspecified atom stereocenters. The second-order valence-corrected chi connectivity index (χ2v) is 7.10. The van der Waals surface area contributed by atoms with E-state index in [2.05, 4.69) is 15.1 Å². The van der Waals surface area contributed by atoms with Crippen LogP contribution in [0.25, 0.3) is 11.5 Å². The van der Waals surface area contributed by atoms with Crippen molar-refractivity contribution in [3.8, 4) is 11.5 Å². The monoisotopic (exact) mass is 396 g/mol. The Labute approximate surface area is 167 Å². The minimum atomic E-state index is -1.02. The van der Waals surface area contributed by atoms with Crippen molar-refractivity contribution in [2.24, 2.45) is 0 Å². The van der Waals surface area contributed by atoms with Crippen LogP contribution >= 0.6 is 0 Å². The van der Waals surface area contributed by atoms with Crippen LogP contribution in [-0.4, -0.2) is 44.1 Å². The fourth-order valence-electron chi connectivity index (χ4n) is 3.50. The molecule has 1 aromatic carbocycles. The molecule has 1 saturated heterocycles. The van der Waals surface area contributed by atoms with Crippen molar-refractivity contribution >= 4 is 5.91 Å². The highest BCUT2D eigenvalue weighted by Crippen LogP contribution is 2.29. The van der Waals surface area contributed by atoms with Crippen LogP contribution < -0.4 is 0 Å². The van der Waals surface area contributed by atoms with E-state index in [0.29, 0.717) is 48.9 Å². The largest absolute Gasteiger partial charge is 0.388 e. The fourth-order valence-corrected chi connectivity index (χ4v) is 3.50. The number of halogens is 1. The van der Waals surface area contributed by atoms with Crippen molar-refractivity contribution < 1.29 is 18.8 Å². The van der Waals surface area contributed by atoms with Crippen LogP contribution in [0.5, 0.6) is 0 Å². The van der Waals surface area contributed by atoms with E-state index in [1.165, 1.54) is 18.2 Å².